The van der Waals surface area contributed by atoms with Crippen LogP contribution in [0.1, 0.15) is 61.5 Å². The number of Topliss-reactive ketones (excluding diaryl/α,β-unsaturated/α-hetero) is 1. The van der Waals surface area contributed by atoms with Gasteiger partial charge in [0.05, 0.1) is 12.8 Å². The molecule has 0 amide bonds. The van der Waals surface area contributed by atoms with Crippen LogP contribution in [0.25, 0.3) is 0 Å². The van der Waals surface area contributed by atoms with Crippen LogP contribution in [0.2, 0.25) is 0 Å². The molecule has 0 bridgehead atoms. The van der Waals surface area contributed by atoms with Gasteiger partial charge in [0.2, 0.25) is 0 Å². The molecule has 0 aliphatic carbocycles. The Labute approximate surface area is 161 Å². The standard InChI is InChI=1S/C23H28N2O2/c1-15-13-23(3,4)25(5)21-12-22(27-6)18(11-20(15)21)14-24-19-9-7-17(8-10-19)16(2)26/h7-12,14-15H,13H2,1-6H3. The van der Waals surface area contributed by atoms with Crippen LogP contribution >= 0.6 is 0 Å². The Hall–Kier alpha value is -2.62. The van der Waals surface area contributed by atoms with Gasteiger partial charge in [-0.2, -0.15) is 0 Å². The fourth-order valence-electron chi connectivity index (χ4n) is 3.81. The van der Waals surface area contributed by atoms with Gasteiger partial charge in [-0.1, -0.05) is 6.92 Å². The van der Waals surface area contributed by atoms with Crippen LogP contribution in [0, 0.1) is 0 Å². The van der Waals surface area contributed by atoms with Crippen molar-refractivity contribution in [1.29, 1.82) is 0 Å². The molecular weight excluding hydrogens is 336 g/mol. The lowest BCUT2D eigenvalue weighted by Gasteiger charge is -2.45. The number of anilines is 1. The van der Waals surface area contributed by atoms with Crippen LogP contribution in [0.4, 0.5) is 11.4 Å². The van der Waals surface area contributed by atoms with E-state index in [0.717, 1.165) is 23.4 Å². The molecule has 0 radical (unpaired) electrons. The number of benzene rings is 2. The zero-order valence-electron chi connectivity index (χ0n) is 17.0. The van der Waals surface area contributed by atoms with Crippen molar-refractivity contribution in [3.8, 4) is 5.75 Å². The van der Waals surface area contributed by atoms with Crippen molar-refractivity contribution in [3.63, 3.8) is 0 Å². The summed E-state index contributed by atoms with van der Waals surface area (Å²) in [6, 6.07) is 11.6. The molecule has 0 aromatic heterocycles. The average molecular weight is 364 g/mol. The van der Waals surface area contributed by atoms with E-state index in [-0.39, 0.29) is 11.3 Å². The Morgan fingerprint density at radius 1 is 1.26 bits per heavy atom. The molecule has 1 unspecified atom stereocenters. The summed E-state index contributed by atoms with van der Waals surface area (Å²) in [5.41, 5.74) is 5.13. The van der Waals surface area contributed by atoms with Crippen LogP contribution in [0.15, 0.2) is 41.4 Å². The normalized spacial score (nSPS) is 18.4. The molecule has 4 nitrogen and oxygen atoms in total. The maximum absolute atomic E-state index is 11.4. The molecule has 2 aromatic carbocycles. The van der Waals surface area contributed by atoms with Crippen LogP contribution in [-0.4, -0.2) is 31.7 Å². The molecule has 0 spiro atoms. The zero-order valence-corrected chi connectivity index (χ0v) is 17.0. The first-order chi connectivity index (χ1) is 12.7. The van der Waals surface area contributed by atoms with Gasteiger partial charge < -0.3 is 9.64 Å². The summed E-state index contributed by atoms with van der Waals surface area (Å²) in [5, 5.41) is 0. The summed E-state index contributed by atoms with van der Waals surface area (Å²) in [4.78, 5) is 18.3. The number of aliphatic imine (C=N–C) groups is 1. The Morgan fingerprint density at radius 2 is 1.93 bits per heavy atom. The van der Waals surface area contributed by atoms with Crippen molar-refractivity contribution in [2.45, 2.75) is 45.6 Å². The molecule has 0 fully saturated rings. The first-order valence-corrected chi connectivity index (χ1v) is 9.34. The number of rotatable bonds is 4. The van der Waals surface area contributed by atoms with Crippen molar-refractivity contribution >= 4 is 23.4 Å². The van der Waals surface area contributed by atoms with Gasteiger partial charge in [0.1, 0.15) is 5.75 Å². The van der Waals surface area contributed by atoms with Gasteiger partial charge in [-0.05, 0) is 69.0 Å². The molecule has 1 heterocycles. The molecule has 0 saturated heterocycles. The van der Waals surface area contributed by atoms with Crippen LogP contribution in [-0.2, 0) is 0 Å². The van der Waals surface area contributed by atoms with E-state index in [1.807, 2.05) is 18.3 Å². The smallest absolute Gasteiger partial charge is 0.159 e. The summed E-state index contributed by atoms with van der Waals surface area (Å²) >= 11 is 0. The van der Waals surface area contributed by atoms with Crippen molar-refractivity contribution < 1.29 is 9.53 Å². The number of nitrogens with zero attached hydrogens (tertiary/aromatic N) is 2. The van der Waals surface area contributed by atoms with Crippen LogP contribution < -0.4 is 9.64 Å². The minimum Gasteiger partial charge on any atom is -0.496 e. The number of hydrogen-bond acceptors (Lipinski definition) is 4. The van der Waals surface area contributed by atoms with Crippen LogP contribution in [0.5, 0.6) is 5.75 Å². The number of ketones is 1. The molecular formula is C23H28N2O2. The van der Waals surface area contributed by atoms with Crippen molar-refractivity contribution in [3.05, 3.63) is 53.1 Å². The molecule has 27 heavy (non-hydrogen) atoms. The average Bonchev–Trinajstić information content (AvgIpc) is 2.64. The lowest BCUT2D eigenvalue weighted by molar-refractivity contribution is 0.101. The van der Waals surface area contributed by atoms with Gasteiger partial charge in [-0.3, -0.25) is 9.79 Å². The Bertz CT molecular complexity index is 882. The lowest BCUT2D eigenvalue weighted by atomic mass is 9.80. The van der Waals surface area contributed by atoms with Crippen LogP contribution in [0.3, 0.4) is 0 Å². The summed E-state index contributed by atoms with van der Waals surface area (Å²) in [6.07, 6.45) is 2.94. The first kappa shape index (κ1) is 19.2. The molecule has 2 aromatic rings. The summed E-state index contributed by atoms with van der Waals surface area (Å²) in [7, 11) is 3.84. The van der Waals surface area contributed by atoms with E-state index in [1.54, 1.807) is 26.2 Å². The first-order valence-electron chi connectivity index (χ1n) is 9.34. The highest BCUT2D eigenvalue weighted by Gasteiger charge is 2.34. The molecule has 4 heteroatoms. The van der Waals surface area contributed by atoms with Crippen molar-refractivity contribution in [2.75, 3.05) is 19.1 Å². The Morgan fingerprint density at radius 3 is 2.52 bits per heavy atom. The molecule has 3 rings (SSSR count). The van der Waals surface area contributed by atoms with E-state index in [1.165, 1.54) is 11.3 Å². The number of fused-ring (bicyclic) bond motifs is 1. The summed E-state index contributed by atoms with van der Waals surface area (Å²) in [6.45, 7) is 8.40. The monoisotopic (exact) mass is 364 g/mol. The molecule has 1 aliphatic rings. The fourth-order valence-corrected chi connectivity index (χ4v) is 3.81. The van der Waals surface area contributed by atoms with E-state index >= 15 is 0 Å². The maximum Gasteiger partial charge on any atom is 0.159 e. The van der Waals surface area contributed by atoms with Crippen molar-refractivity contribution in [2.24, 2.45) is 4.99 Å². The Balaban J connectivity index is 1.97. The lowest BCUT2D eigenvalue weighted by Crippen LogP contribution is -2.45. The van der Waals surface area contributed by atoms with E-state index in [4.69, 9.17) is 4.74 Å². The molecule has 1 atom stereocenters. The van der Waals surface area contributed by atoms with E-state index < -0.39 is 0 Å². The SMILES string of the molecule is COc1cc2c(cc1C=Nc1ccc(C(C)=O)cc1)C(C)CC(C)(C)N2C. The second kappa shape index (κ2) is 7.18. The topological polar surface area (TPSA) is 41.9 Å². The highest BCUT2D eigenvalue weighted by molar-refractivity contribution is 5.94. The van der Waals surface area contributed by atoms with Gasteiger partial charge in [0.15, 0.2) is 5.78 Å². The number of ether oxygens (including phenoxy) is 1. The largest absolute Gasteiger partial charge is 0.496 e. The zero-order chi connectivity index (χ0) is 19.8. The van der Waals surface area contributed by atoms with E-state index in [9.17, 15) is 4.79 Å². The molecule has 0 N–H and O–H groups in total. The minimum atomic E-state index is 0.0583. The Kier molecular flexibility index (Phi) is 5.09. The van der Waals surface area contributed by atoms with Gasteiger partial charge in [-0.15, -0.1) is 0 Å². The molecule has 142 valence electrons. The third-order valence-electron chi connectivity index (χ3n) is 5.61. The summed E-state index contributed by atoms with van der Waals surface area (Å²) in [5.74, 6) is 1.34. The second-order valence-electron chi connectivity index (χ2n) is 7.99. The number of methoxy groups -OCH3 is 1. The number of hydrogen-bond donors (Lipinski definition) is 0. The minimum absolute atomic E-state index is 0.0583. The third kappa shape index (κ3) is 3.75. The predicted octanol–water partition coefficient (Wildman–Crippen LogP) is 5.37. The highest BCUT2D eigenvalue weighted by Crippen LogP contribution is 2.44. The van der Waals surface area contributed by atoms with Crippen molar-refractivity contribution in [1.82, 2.24) is 0 Å². The number of carbonyl (C=O) groups excluding carboxylic acids is 1. The van der Waals surface area contributed by atoms with Gasteiger partial charge in [-0.25, -0.2) is 0 Å². The van der Waals surface area contributed by atoms with E-state index in [2.05, 4.69) is 49.8 Å². The van der Waals surface area contributed by atoms with E-state index in [0.29, 0.717) is 11.5 Å². The predicted molar refractivity (Wildman–Crippen MR) is 112 cm³/mol. The highest BCUT2D eigenvalue weighted by atomic mass is 16.5. The van der Waals surface area contributed by atoms with Gasteiger partial charge >= 0.3 is 0 Å². The molecule has 0 saturated carbocycles. The number of carbonyl (C=O) groups is 1. The fraction of sp³-hybridized carbons (Fsp3) is 0.391. The second-order valence-corrected chi connectivity index (χ2v) is 7.99. The third-order valence-corrected chi connectivity index (χ3v) is 5.61. The summed E-state index contributed by atoms with van der Waals surface area (Å²) < 4.78 is 5.64. The quantitative estimate of drug-likeness (QED) is 0.541. The molecule has 1 aliphatic heterocycles. The maximum atomic E-state index is 11.4. The van der Waals surface area contributed by atoms with Gasteiger partial charge in [0, 0.05) is 41.7 Å². The van der Waals surface area contributed by atoms with Gasteiger partial charge in [0.25, 0.3) is 0 Å².